The van der Waals surface area contributed by atoms with Gasteiger partial charge < -0.3 is 14.8 Å². The number of sulfonamides is 1. The average molecular weight is 407 g/mol. The molecule has 0 aromatic heterocycles. The first-order valence-corrected chi connectivity index (χ1v) is 10.6. The number of rotatable bonds is 11. The molecular weight excluding hydrogens is 380 g/mol. The van der Waals surface area contributed by atoms with Crippen molar-refractivity contribution >= 4 is 21.6 Å². The highest BCUT2D eigenvalue weighted by Crippen LogP contribution is 2.19. The Labute approximate surface area is 166 Å². The summed E-state index contributed by atoms with van der Waals surface area (Å²) in [6.07, 6.45) is 0.736. The van der Waals surface area contributed by atoms with E-state index in [1.165, 1.54) is 24.3 Å². The molecule has 0 heterocycles. The molecule has 8 heteroatoms. The van der Waals surface area contributed by atoms with E-state index in [1.807, 2.05) is 26.0 Å². The summed E-state index contributed by atoms with van der Waals surface area (Å²) >= 11 is 0. The molecule has 0 bridgehead atoms. The van der Waals surface area contributed by atoms with E-state index in [2.05, 4.69) is 10.0 Å². The molecule has 0 atom stereocenters. The lowest BCUT2D eigenvalue weighted by Crippen LogP contribution is -2.30. The Bertz CT molecular complexity index is 849. The summed E-state index contributed by atoms with van der Waals surface area (Å²) < 4.78 is 38.0. The maximum atomic E-state index is 12.4. The smallest absolute Gasteiger partial charge is 0.261 e. The van der Waals surface area contributed by atoms with E-state index in [0.29, 0.717) is 31.2 Å². The number of amides is 1. The minimum atomic E-state index is -3.69. The molecular formula is C20H26N2O5S. The standard InChI is InChI=1S/C20H26N2O5S/c1-3-26-14-4-13-21-20(23)15-27-18-9-11-19(12-10-18)28(24,25)22-17-7-5-16(2)6-8-17/h5-12,22H,3-4,13-15H2,1-2H3,(H,21,23). The van der Waals surface area contributed by atoms with Crippen molar-refractivity contribution in [3.8, 4) is 5.75 Å². The molecule has 0 spiro atoms. The molecule has 1 amide bonds. The first-order valence-electron chi connectivity index (χ1n) is 9.07. The highest BCUT2D eigenvalue weighted by atomic mass is 32.2. The zero-order chi connectivity index (χ0) is 20.4. The topological polar surface area (TPSA) is 93.7 Å². The highest BCUT2D eigenvalue weighted by molar-refractivity contribution is 7.92. The fraction of sp³-hybridized carbons (Fsp3) is 0.350. The Hall–Kier alpha value is -2.58. The molecule has 2 aromatic carbocycles. The van der Waals surface area contributed by atoms with E-state index in [0.717, 1.165) is 12.0 Å². The van der Waals surface area contributed by atoms with Gasteiger partial charge in [0.15, 0.2) is 6.61 Å². The number of carbonyl (C=O) groups is 1. The normalized spacial score (nSPS) is 11.1. The molecule has 152 valence electrons. The van der Waals surface area contributed by atoms with Gasteiger partial charge >= 0.3 is 0 Å². The van der Waals surface area contributed by atoms with Crippen LogP contribution in [0.3, 0.4) is 0 Å². The molecule has 0 aliphatic carbocycles. The van der Waals surface area contributed by atoms with Crippen LogP contribution in [-0.4, -0.2) is 40.7 Å². The summed E-state index contributed by atoms with van der Waals surface area (Å²) in [6.45, 7) is 5.49. The van der Waals surface area contributed by atoms with Crippen molar-refractivity contribution in [1.29, 1.82) is 0 Å². The molecule has 7 nitrogen and oxygen atoms in total. The fourth-order valence-electron chi connectivity index (χ4n) is 2.30. The SMILES string of the molecule is CCOCCCNC(=O)COc1ccc(S(=O)(=O)Nc2ccc(C)cc2)cc1. The second-order valence-electron chi connectivity index (χ2n) is 6.13. The van der Waals surface area contributed by atoms with Gasteiger partial charge in [-0.15, -0.1) is 0 Å². The van der Waals surface area contributed by atoms with Crippen LogP contribution in [0.5, 0.6) is 5.75 Å². The summed E-state index contributed by atoms with van der Waals surface area (Å²) in [5, 5.41) is 2.73. The van der Waals surface area contributed by atoms with Crippen molar-refractivity contribution in [3.63, 3.8) is 0 Å². The largest absolute Gasteiger partial charge is 0.484 e. The Morgan fingerprint density at radius 3 is 2.36 bits per heavy atom. The maximum absolute atomic E-state index is 12.4. The third kappa shape index (κ3) is 7.21. The summed E-state index contributed by atoms with van der Waals surface area (Å²) in [5.74, 6) is 0.174. The first kappa shape index (κ1) is 21.7. The summed E-state index contributed by atoms with van der Waals surface area (Å²) in [6, 6.07) is 13.0. The first-order chi connectivity index (χ1) is 13.4. The van der Waals surface area contributed by atoms with E-state index < -0.39 is 10.0 Å². The minimum absolute atomic E-state index is 0.112. The number of aryl methyl sites for hydroxylation is 1. The van der Waals surface area contributed by atoms with Gasteiger partial charge in [-0.2, -0.15) is 0 Å². The zero-order valence-electron chi connectivity index (χ0n) is 16.1. The van der Waals surface area contributed by atoms with Crippen LogP contribution in [0.2, 0.25) is 0 Å². The molecule has 2 N–H and O–H groups in total. The van der Waals surface area contributed by atoms with Crippen LogP contribution in [-0.2, 0) is 19.6 Å². The number of hydrogen-bond acceptors (Lipinski definition) is 5. The Morgan fingerprint density at radius 1 is 1.04 bits per heavy atom. The van der Waals surface area contributed by atoms with Crippen LogP contribution >= 0.6 is 0 Å². The van der Waals surface area contributed by atoms with Crippen LogP contribution in [0.4, 0.5) is 5.69 Å². The Balaban J connectivity index is 1.83. The lowest BCUT2D eigenvalue weighted by molar-refractivity contribution is -0.123. The molecule has 0 saturated heterocycles. The van der Waals surface area contributed by atoms with Gasteiger partial charge in [-0.05, 0) is 56.7 Å². The number of benzene rings is 2. The summed E-state index contributed by atoms with van der Waals surface area (Å²) in [4.78, 5) is 11.8. The van der Waals surface area contributed by atoms with Gasteiger partial charge in [-0.1, -0.05) is 17.7 Å². The molecule has 2 rings (SSSR count). The van der Waals surface area contributed by atoms with Crippen molar-refractivity contribution in [2.24, 2.45) is 0 Å². The van der Waals surface area contributed by atoms with Crippen LogP contribution < -0.4 is 14.8 Å². The zero-order valence-corrected chi connectivity index (χ0v) is 16.9. The predicted octanol–water partition coefficient (Wildman–Crippen LogP) is 2.72. The second-order valence-corrected chi connectivity index (χ2v) is 7.81. The maximum Gasteiger partial charge on any atom is 0.261 e. The molecule has 0 radical (unpaired) electrons. The second kappa shape index (κ2) is 10.7. The predicted molar refractivity (Wildman–Crippen MR) is 108 cm³/mol. The molecule has 0 aliphatic rings. The summed E-state index contributed by atoms with van der Waals surface area (Å²) in [7, 11) is -3.69. The van der Waals surface area contributed by atoms with Gasteiger partial charge in [0.05, 0.1) is 4.90 Å². The number of carbonyl (C=O) groups excluding carboxylic acids is 1. The van der Waals surface area contributed by atoms with Crippen molar-refractivity contribution in [1.82, 2.24) is 5.32 Å². The van der Waals surface area contributed by atoms with Gasteiger partial charge in [0.2, 0.25) is 0 Å². The van der Waals surface area contributed by atoms with Crippen molar-refractivity contribution in [3.05, 3.63) is 54.1 Å². The van der Waals surface area contributed by atoms with Crippen molar-refractivity contribution < 1.29 is 22.7 Å². The Morgan fingerprint density at radius 2 is 1.71 bits per heavy atom. The van der Waals surface area contributed by atoms with E-state index in [9.17, 15) is 13.2 Å². The fourth-order valence-corrected chi connectivity index (χ4v) is 3.36. The average Bonchev–Trinajstić information content (AvgIpc) is 2.68. The van der Waals surface area contributed by atoms with E-state index in [4.69, 9.17) is 9.47 Å². The van der Waals surface area contributed by atoms with Crippen LogP contribution in [0, 0.1) is 6.92 Å². The monoisotopic (exact) mass is 406 g/mol. The molecule has 0 aliphatic heterocycles. The number of ether oxygens (including phenoxy) is 2. The highest BCUT2D eigenvalue weighted by Gasteiger charge is 2.14. The number of anilines is 1. The van der Waals surface area contributed by atoms with Gasteiger partial charge in [0.25, 0.3) is 15.9 Å². The molecule has 0 fully saturated rings. The molecule has 0 unspecified atom stereocenters. The third-order valence-electron chi connectivity index (χ3n) is 3.80. The number of nitrogens with one attached hydrogen (secondary N) is 2. The molecule has 28 heavy (non-hydrogen) atoms. The lowest BCUT2D eigenvalue weighted by Gasteiger charge is -2.10. The van der Waals surface area contributed by atoms with Gasteiger partial charge in [-0.3, -0.25) is 9.52 Å². The van der Waals surface area contributed by atoms with E-state index >= 15 is 0 Å². The quantitative estimate of drug-likeness (QED) is 0.560. The Kier molecular flexibility index (Phi) is 8.28. The van der Waals surface area contributed by atoms with Crippen LogP contribution in [0.1, 0.15) is 18.9 Å². The lowest BCUT2D eigenvalue weighted by atomic mass is 10.2. The van der Waals surface area contributed by atoms with Gasteiger partial charge in [0, 0.05) is 25.4 Å². The van der Waals surface area contributed by atoms with E-state index in [1.54, 1.807) is 12.1 Å². The van der Waals surface area contributed by atoms with E-state index in [-0.39, 0.29) is 17.4 Å². The molecule has 0 saturated carbocycles. The van der Waals surface area contributed by atoms with Crippen LogP contribution in [0.25, 0.3) is 0 Å². The minimum Gasteiger partial charge on any atom is -0.484 e. The van der Waals surface area contributed by atoms with Gasteiger partial charge in [0.1, 0.15) is 5.75 Å². The van der Waals surface area contributed by atoms with Crippen molar-refractivity contribution in [2.75, 3.05) is 31.1 Å². The third-order valence-corrected chi connectivity index (χ3v) is 5.20. The number of hydrogen-bond donors (Lipinski definition) is 2. The van der Waals surface area contributed by atoms with Crippen LogP contribution in [0.15, 0.2) is 53.4 Å². The van der Waals surface area contributed by atoms with Crippen molar-refractivity contribution in [2.45, 2.75) is 25.2 Å². The van der Waals surface area contributed by atoms with Gasteiger partial charge in [-0.25, -0.2) is 8.42 Å². The molecule has 2 aromatic rings. The summed E-state index contributed by atoms with van der Waals surface area (Å²) in [5.41, 5.74) is 1.54.